The Kier molecular flexibility index (Phi) is 5.30. The smallest absolute Gasteiger partial charge is 0.302 e. The number of Topliss-reactive ketones (excluding diaryl/α,β-unsaturated/α-hetero) is 1. The largest absolute Gasteiger partial charge is 0.454 e. The van der Waals surface area contributed by atoms with Crippen molar-refractivity contribution < 1.29 is 22.8 Å². The second-order valence-electron chi connectivity index (χ2n) is 6.16. The number of carbonyl (C=O) groups is 2. The molecule has 1 aliphatic carbocycles. The molecule has 27 heavy (non-hydrogen) atoms. The topological polar surface area (TPSA) is 58.2 Å². The third-order valence-corrected chi connectivity index (χ3v) is 4.33. The van der Waals surface area contributed by atoms with Crippen LogP contribution < -0.4 is 10.9 Å². The Balaban J connectivity index is 1.66. The van der Waals surface area contributed by atoms with Crippen LogP contribution in [0.5, 0.6) is 0 Å². The summed E-state index contributed by atoms with van der Waals surface area (Å²) in [4.78, 5) is 23.6. The molecule has 2 N–H and O–H groups in total. The molecule has 3 rings (SSSR count). The molecule has 140 valence electrons. The summed E-state index contributed by atoms with van der Waals surface area (Å²) in [6.07, 6.45) is -4.16. The highest BCUT2D eigenvalue weighted by Crippen LogP contribution is 2.31. The summed E-state index contributed by atoms with van der Waals surface area (Å²) in [6.45, 7) is 0. The van der Waals surface area contributed by atoms with Gasteiger partial charge in [0.1, 0.15) is 0 Å². The number of hydrazine groups is 1. The van der Waals surface area contributed by atoms with Crippen LogP contribution in [0.1, 0.15) is 29.6 Å². The predicted molar refractivity (Wildman–Crippen MR) is 94.4 cm³/mol. The van der Waals surface area contributed by atoms with Gasteiger partial charge in [-0.25, -0.2) is 0 Å². The maximum atomic E-state index is 12.6. The van der Waals surface area contributed by atoms with E-state index in [1.54, 1.807) is 24.3 Å². The fourth-order valence-electron chi connectivity index (χ4n) is 2.95. The van der Waals surface area contributed by atoms with Crippen LogP contribution in [-0.4, -0.2) is 17.9 Å². The van der Waals surface area contributed by atoms with Gasteiger partial charge in [0, 0.05) is 16.8 Å². The maximum Gasteiger partial charge on any atom is 0.454 e. The molecule has 0 aromatic heterocycles. The first kappa shape index (κ1) is 18.7. The Morgan fingerprint density at radius 1 is 0.852 bits per heavy atom. The molecule has 0 atom stereocenters. The average Bonchev–Trinajstić information content (AvgIpc) is 3.14. The van der Waals surface area contributed by atoms with Crippen molar-refractivity contribution in [2.24, 2.45) is 0 Å². The number of allylic oxidation sites excluding steroid dienone is 2. The van der Waals surface area contributed by atoms with Crippen molar-refractivity contribution in [3.63, 3.8) is 0 Å². The van der Waals surface area contributed by atoms with E-state index in [4.69, 9.17) is 0 Å². The Bertz CT molecular complexity index is 872. The van der Waals surface area contributed by atoms with Crippen LogP contribution in [0.15, 0.2) is 65.9 Å². The number of hydrogen-bond donors (Lipinski definition) is 2. The van der Waals surface area contributed by atoms with Crippen molar-refractivity contribution in [2.75, 3.05) is 0 Å². The number of alkyl halides is 3. The number of carbonyl (C=O) groups excluding carboxylic acids is 2. The Morgan fingerprint density at radius 2 is 1.48 bits per heavy atom. The zero-order valence-electron chi connectivity index (χ0n) is 14.3. The van der Waals surface area contributed by atoms with Gasteiger partial charge in [0.05, 0.1) is 0 Å². The van der Waals surface area contributed by atoms with Crippen molar-refractivity contribution in [3.05, 3.63) is 71.4 Å². The van der Waals surface area contributed by atoms with Crippen molar-refractivity contribution in [1.29, 1.82) is 0 Å². The molecule has 0 spiro atoms. The fourth-order valence-corrected chi connectivity index (χ4v) is 2.95. The first-order valence-corrected chi connectivity index (χ1v) is 8.41. The highest BCUT2D eigenvalue weighted by Gasteiger charge is 2.42. The molecule has 7 heteroatoms. The van der Waals surface area contributed by atoms with Crippen molar-refractivity contribution in [2.45, 2.75) is 25.4 Å². The van der Waals surface area contributed by atoms with E-state index < -0.39 is 17.9 Å². The van der Waals surface area contributed by atoms with Gasteiger partial charge in [-0.1, -0.05) is 42.5 Å². The van der Waals surface area contributed by atoms with Crippen LogP contribution in [0.2, 0.25) is 0 Å². The second kappa shape index (κ2) is 7.65. The minimum atomic E-state index is -4.91. The van der Waals surface area contributed by atoms with Crippen LogP contribution in [0.25, 0.3) is 11.1 Å². The zero-order chi connectivity index (χ0) is 19.4. The Labute approximate surface area is 154 Å². The van der Waals surface area contributed by atoms with Crippen LogP contribution >= 0.6 is 0 Å². The number of benzene rings is 2. The molecule has 0 bridgehead atoms. The predicted octanol–water partition coefficient (Wildman–Crippen LogP) is 4.16. The number of rotatable bonds is 5. The van der Waals surface area contributed by atoms with Gasteiger partial charge in [0.2, 0.25) is 0 Å². The van der Waals surface area contributed by atoms with Crippen molar-refractivity contribution in [1.82, 2.24) is 10.9 Å². The lowest BCUT2D eigenvalue weighted by Crippen LogP contribution is -2.38. The summed E-state index contributed by atoms with van der Waals surface area (Å²) in [5, 5.41) is 0. The molecule has 0 radical (unpaired) electrons. The van der Waals surface area contributed by atoms with Gasteiger partial charge in [-0.15, -0.1) is 0 Å². The van der Waals surface area contributed by atoms with Gasteiger partial charge in [0.25, 0.3) is 11.7 Å². The number of halogens is 3. The zero-order valence-corrected chi connectivity index (χ0v) is 14.3. The molecule has 0 saturated carbocycles. The Hall–Kier alpha value is -3.09. The molecule has 1 aliphatic rings. The molecule has 0 fully saturated rings. The third kappa shape index (κ3) is 4.36. The number of amides is 1. The maximum absolute atomic E-state index is 12.6. The fraction of sp³-hybridized carbons (Fsp3) is 0.200. The van der Waals surface area contributed by atoms with E-state index >= 15 is 0 Å². The summed E-state index contributed by atoms with van der Waals surface area (Å²) in [5.41, 5.74) is 6.96. The second-order valence-corrected chi connectivity index (χ2v) is 6.16. The molecular weight excluding hydrogens is 357 g/mol. The summed E-state index contributed by atoms with van der Waals surface area (Å²) in [6, 6.07) is 16.5. The molecular formula is C20H17F3N2O2. The van der Waals surface area contributed by atoms with Gasteiger partial charge < -0.3 is 5.43 Å². The monoisotopic (exact) mass is 374 g/mol. The van der Waals surface area contributed by atoms with Gasteiger partial charge in [-0.05, 0) is 42.5 Å². The lowest BCUT2D eigenvalue weighted by atomic mass is 10.0. The lowest BCUT2D eigenvalue weighted by molar-refractivity contribution is -0.166. The third-order valence-electron chi connectivity index (χ3n) is 4.33. The van der Waals surface area contributed by atoms with Gasteiger partial charge in [0.15, 0.2) is 0 Å². The lowest BCUT2D eigenvalue weighted by Gasteiger charge is -2.13. The molecule has 0 unspecified atom stereocenters. The van der Waals surface area contributed by atoms with Gasteiger partial charge in [-0.3, -0.25) is 15.0 Å². The first-order valence-electron chi connectivity index (χ1n) is 8.41. The van der Waals surface area contributed by atoms with Crippen molar-refractivity contribution in [3.8, 4) is 11.1 Å². The molecule has 4 nitrogen and oxygen atoms in total. The van der Waals surface area contributed by atoms with Crippen LogP contribution in [-0.2, 0) is 4.79 Å². The average molecular weight is 374 g/mol. The number of hydrogen-bond acceptors (Lipinski definition) is 3. The van der Waals surface area contributed by atoms with Gasteiger partial charge >= 0.3 is 6.18 Å². The van der Waals surface area contributed by atoms with E-state index in [9.17, 15) is 22.8 Å². The number of nitrogens with one attached hydrogen (secondary N) is 2. The van der Waals surface area contributed by atoms with E-state index in [1.165, 1.54) is 0 Å². The quantitative estimate of drug-likeness (QED) is 0.773. The van der Waals surface area contributed by atoms with Crippen LogP contribution in [0.4, 0.5) is 13.2 Å². The highest BCUT2D eigenvalue weighted by atomic mass is 19.4. The molecule has 1 amide bonds. The highest BCUT2D eigenvalue weighted by molar-refractivity contribution is 6.00. The normalized spacial score (nSPS) is 14.2. The van der Waals surface area contributed by atoms with E-state index in [-0.39, 0.29) is 24.1 Å². The summed E-state index contributed by atoms with van der Waals surface area (Å²) in [5.74, 6) is -2.35. The summed E-state index contributed by atoms with van der Waals surface area (Å²) in [7, 11) is 0. The molecule has 0 saturated heterocycles. The van der Waals surface area contributed by atoms with E-state index in [0.29, 0.717) is 12.0 Å². The minimum Gasteiger partial charge on any atom is -0.302 e. The minimum absolute atomic E-state index is 0.0440. The number of ketones is 1. The van der Waals surface area contributed by atoms with E-state index in [0.717, 1.165) is 11.1 Å². The van der Waals surface area contributed by atoms with Crippen molar-refractivity contribution >= 4 is 11.7 Å². The molecule has 2 aromatic rings. The molecule has 0 aliphatic heterocycles. The van der Waals surface area contributed by atoms with Gasteiger partial charge in [-0.2, -0.15) is 13.2 Å². The molecule has 2 aromatic carbocycles. The molecule has 0 heterocycles. The SMILES string of the molecule is O=C(NNC1=C(C(=O)C(F)(F)F)CCC1)c1ccc(-c2ccccc2)cc1. The Morgan fingerprint density at radius 3 is 2.11 bits per heavy atom. The summed E-state index contributed by atoms with van der Waals surface area (Å²) >= 11 is 0. The summed E-state index contributed by atoms with van der Waals surface area (Å²) < 4.78 is 37.9. The van der Waals surface area contributed by atoms with E-state index in [2.05, 4.69) is 10.9 Å². The van der Waals surface area contributed by atoms with E-state index in [1.807, 2.05) is 30.3 Å². The first-order chi connectivity index (χ1) is 12.9. The standard InChI is InChI=1S/C20H17F3N2O2/c21-20(22,23)18(26)16-7-4-8-17(16)24-25-19(27)15-11-9-14(10-12-15)13-5-2-1-3-6-13/h1-3,5-6,9-12,24H,4,7-8H2,(H,25,27). The van der Waals surface area contributed by atoms with Crippen LogP contribution in [0, 0.1) is 0 Å². The van der Waals surface area contributed by atoms with Crippen LogP contribution in [0.3, 0.4) is 0 Å².